The molecule has 128 valence electrons. The van der Waals surface area contributed by atoms with E-state index in [9.17, 15) is 9.90 Å². The number of ketones is 1. The van der Waals surface area contributed by atoms with Crippen LogP contribution in [0.2, 0.25) is 0 Å². The number of carbonyl (C=O) groups excluding carboxylic acids is 1. The molecule has 2 heteroatoms. The first kappa shape index (κ1) is 22.9. The van der Waals surface area contributed by atoms with E-state index in [1.54, 1.807) is 0 Å². The van der Waals surface area contributed by atoms with Gasteiger partial charge in [-0.3, -0.25) is 4.79 Å². The maximum atomic E-state index is 11.0. The molecule has 0 saturated carbocycles. The van der Waals surface area contributed by atoms with Crippen molar-refractivity contribution in [3.05, 3.63) is 0 Å². The molecule has 2 nitrogen and oxygen atoms in total. The van der Waals surface area contributed by atoms with Gasteiger partial charge in [0.25, 0.3) is 0 Å². The zero-order valence-electron chi connectivity index (χ0n) is 15.3. The van der Waals surface area contributed by atoms with Gasteiger partial charge in [-0.2, -0.15) is 0 Å². The second-order valence-electron chi connectivity index (χ2n) is 6.45. The molecule has 0 aliphatic carbocycles. The van der Waals surface area contributed by atoms with Gasteiger partial charge in [0.15, 0.2) is 0 Å². The normalized spacial score (nSPS) is 11.0. The van der Waals surface area contributed by atoms with Gasteiger partial charge in [-0.1, -0.05) is 66.2 Å². The van der Waals surface area contributed by atoms with Crippen LogP contribution in [0.3, 0.4) is 0 Å². The lowest BCUT2D eigenvalue weighted by molar-refractivity contribution is -0.119. The predicted octanol–water partition coefficient (Wildman–Crippen LogP) is 6.05. The third-order valence-corrected chi connectivity index (χ3v) is 3.76. The maximum absolute atomic E-state index is 11.0. The maximum Gasteiger partial charge on any atom is 0.132 e. The number of hydrogen-bond donors (Lipinski definition) is 1. The summed E-state index contributed by atoms with van der Waals surface area (Å²) in [4.78, 5) is 11.0. The Hall–Kier alpha value is -0.370. The van der Waals surface area contributed by atoms with Crippen LogP contribution < -0.4 is 0 Å². The zero-order valence-corrected chi connectivity index (χ0v) is 15.3. The molecule has 0 aromatic carbocycles. The Morgan fingerprint density at radius 2 is 1.10 bits per heavy atom. The van der Waals surface area contributed by atoms with Crippen molar-refractivity contribution in [2.45, 2.75) is 117 Å². The molecule has 0 atom stereocenters. The van der Waals surface area contributed by atoms with Crippen molar-refractivity contribution in [3.8, 4) is 0 Å². The van der Waals surface area contributed by atoms with Crippen molar-refractivity contribution in [2.75, 3.05) is 0 Å². The quantitative estimate of drug-likeness (QED) is 0.476. The van der Waals surface area contributed by atoms with Gasteiger partial charge < -0.3 is 5.11 Å². The Morgan fingerprint density at radius 3 is 1.38 bits per heavy atom. The first-order chi connectivity index (χ1) is 9.93. The average Bonchev–Trinajstić information content (AvgIpc) is 2.47. The number of unbranched alkanes of at least 4 members (excludes halogenated alkanes) is 4. The third kappa shape index (κ3) is 19.6. The van der Waals surface area contributed by atoms with Gasteiger partial charge in [0.1, 0.15) is 5.78 Å². The average molecular weight is 301 g/mol. The smallest absolute Gasteiger partial charge is 0.132 e. The van der Waals surface area contributed by atoms with Gasteiger partial charge in [0.05, 0.1) is 5.60 Å². The molecule has 1 N–H and O–H groups in total. The van der Waals surface area contributed by atoms with Gasteiger partial charge in [-0.25, -0.2) is 0 Å². The van der Waals surface area contributed by atoms with E-state index >= 15 is 0 Å². The van der Waals surface area contributed by atoms with Crippen LogP contribution in [0.4, 0.5) is 0 Å². The van der Waals surface area contributed by atoms with Gasteiger partial charge >= 0.3 is 0 Å². The zero-order chi connectivity index (χ0) is 16.6. The molecule has 0 bridgehead atoms. The molecular weight excluding hydrogens is 260 g/mol. The first-order valence-electron chi connectivity index (χ1n) is 9.17. The highest BCUT2D eigenvalue weighted by Crippen LogP contribution is 2.20. The van der Waals surface area contributed by atoms with Gasteiger partial charge in [-0.05, 0) is 32.6 Å². The summed E-state index contributed by atoms with van der Waals surface area (Å²) in [6, 6.07) is 0. The summed E-state index contributed by atoms with van der Waals surface area (Å²) >= 11 is 0. The molecule has 0 aromatic rings. The molecule has 0 unspecified atom stereocenters. The highest BCUT2D eigenvalue weighted by Gasteiger charge is 2.17. The second kappa shape index (κ2) is 16.0. The number of aliphatic hydroxyl groups is 1. The van der Waals surface area contributed by atoms with Crippen molar-refractivity contribution in [3.63, 3.8) is 0 Å². The van der Waals surface area contributed by atoms with Gasteiger partial charge in [-0.15, -0.1) is 0 Å². The van der Waals surface area contributed by atoms with Crippen molar-refractivity contribution in [1.29, 1.82) is 0 Å². The Bertz CT molecular complexity index is 202. The minimum atomic E-state index is -0.397. The van der Waals surface area contributed by atoms with Crippen LogP contribution in [-0.2, 0) is 4.79 Å². The molecule has 0 aliphatic heterocycles. The SMILES string of the molecule is CCCCC(=O)CCCC.CCCCC(C)(O)CCCC. The summed E-state index contributed by atoms with van der Waals surface area (Å²) in [5.74, 6) is 0.448. The van der Waals surface area contributed by atoms with E-state index in [-0.39, 0.29) is 0 Å². The molecule has 0 amide bonds. The van der Waals surface area contributed by atoms with Crippen LogP contribution >= 0.6 is 0 Å². The van der Waals surface area contributed by atoms with Crippen molar-refractivity contribution >= 4 is 5.78 Å². The van der Waals surface area contributed by atoms with Crippen LogP contribution in [0.15, 0.2) is 0 Å². The summed E-state index contributed by atoms with van der Waals surface area (Å²) in [6.45, 7) is 10.5. The van der Waals surface area contributed by atoms with Crippen LogP contribution in [0.5, 0.6) is 0 Å². The van der Waals surface area contributed by atoms with Gasteiger partial charge in [0.2, 0.25) is 0 Å². The number of carbonyl (C=O) groups is 1. The minimum absolute atomic E-state index is 0.397. The summed E-state index contributed by atoms with van der Waals surface area (Å²) in [7, 11) is 0. The molecule has 0 radical (unpaired) electrons. The number of Topliss-reactive ketones (excluding diaryl/α,β-unsaturated/α-hetero) is 1. The fourth-order valence-electron chi connectivity index (χ4n) is 2.11. The fraction of sp³-hybridized carbons (Fsp3) is 0.947. The molecule has 0 saturated heterocycles. The number of hydrogen-bond acceptors (Lipinski definition) is 2. The van der Waals surface area contributed by atoms with E-state index in [0.29, 0.717) is 5.78 Å². The van der Waals surface area contributed by atoms with E-state index in [0.717, 1.165) is 64.2 Å². The highest BCUT2D eigenvalue weighted by atomic mass is 16.3. The predicted molar refractivity (Wildman–Crippen MR) is 93.7 cm³/mol. The Morgan fingerprint density at radius 1 is 0.762 bits per heavy atom. The molecular formula is C19H40O2. The molecule has 0 spiro atoms. The minimum Gasteiger partial charge on any atom is -0.390 e. The van der Waals surface area contributed by atoms with Crippen LogP contribution in [0.1, 0.15) is 112 Å². The number of rotatable bonds is 12. The van der Waals surface area contributed by atoms with Gasteiger partial charge in [0, 0.05) is 12.8 Å². The monoisotopic (exact) mass is 300 g/mol. The summed E-state index contributed by atoms with van der Waals surface area (Å²) in [5.41, 5.74) is -0.397. The fourth-order valence-corrected chi connectivity index (χ4v) is 2.11. The van der Waals surface area contributed by atoms with Crippen LogP contribution in [0, 0.1) is 0 Å². The topological polar surface area (TPSA) is 37.3 Å². The Labute approximate surface area is 133 Å². The largest absolute Gasteiger partial charge is 0.390 e. The van der Waals surface area contributed by atoms with Crippen molar-refractivity contribution in [1.82, 2.24) is 0 Å². The molecule has 0 heterocycles. The summed E-state index contributed by atoms with van der Waals surface area (Å²) in [6.07, 6.45) is 12.6. The van der Waals surface area contributed by atoms with E-state index in [1.807, 2.05) is 6.92 Å². The molecule has 21 heavy (non-hydrogen) atoms. The summed E-state index contributed by atoms with van der Waals surface area (Å²) in [5, 5.41) is 9.78. The standard InChI is InChI=1S/C10H22O.C9H18O/c1-4-6-8-10(3,11)9-7-5-2;1-3-5-7-9(10)8-6-4-2/h11H,4-9H2,1-3H3;3-8H2,1-2H3. The van der Waals surface area contributed by atoms with Crippen molar-refractivity contribution < 1.29 is 9.90 Å². The van der Waals surface area contributed by atoms with Crippen LogP contribution in [-0.4, -0.2) is 16.5 Å². The van der Waals surface area contributed by atoms with E-state index in [1.165, 1.54) is 12.8 Å². The van der Waals surface area contributed by atoms with E-state index in [4.69, 9.17) is 0 Å². The lowest BCUT2D eigenvalue weighted by atomic mass is 9.93. The third-order valence-electron chi connectivity index (χ3n) is 3.76. The highest BCUT2D eigenvalue weighted by molar-refractivity contribution is 5.78. The van der Waals surface area contributed by atoms with E-state index in [2.05, 4.69) is 27.7 Å². The lowest BCUT2D eigenvalue weighted by Crippen LogP contribution is -2.23. The van der Waals surface area contributed by atoms with E-state index < -0.39 is 5.60 Å². The molecule has 0 rings (SSSR count). The Kier molecular flexibility index (Phi) is 17.5. The molecule has 0 aromatic heterocycles. The Balaban J connectivity index is 0. The summed E-state index contributed by atoms with van der Waals surface area (Å²) < 4.78 is 0. The van der Waals surface area contributed by atoms with Crippen LogP contribution in [0.25, 0.3) is 0 Å². The lowest BCUT2D eigenvalue weighted by Gasteiger charge is -2.22. The second-order valence-corrected chi connectivity index (χ2v) is 6.45. The molecule has 0 fully saturated rings. The first-order valence-corrected chi connectivity index (χ1v) is 9.17. The van der Waals surface area contributed by atoms with Crippen molar-refractivity contribution in [2.24, 2.45) is 0 Å². The molecule has 0 aliphatic rings.